The second kappa shape index (κ2) is 8.41. The number of thioether (sulfide) groups is 1. The summed E-state index contributed by atoms with van der Waals surface area (Å²) in [6, 6.07) is 18.0. The van der Waals surface area contributed by atoms with Crippen LogP contribution in [0, 0.1) is 6.92 Å². The SMILES string of the molecule is Cc1ccccc1NC(=O)NCC1(Sc2ccccc2)CCOCC1. The van der Waals surface area contributed by atoms with Crippen LogP contribution in [0.15, 0.2) is 59.5 Å². The number of hydrogen-bond acceptors (Lipinski definition) is 3. The Hall–Kier alpha value is -1.98. The average molecular weight is 356 g/mol. The van der Waals surface area contributed by atoms with Crippen LogP contribution in [0.1, 0.15) is 18.4 Å². The molecule has 5 heteroatoms. The molecule has 0 atom stereocenters. The Bertz CT molecular complexity index is 700. The van der Waals surface area contributed by atoms with Crippen LogP contribution in [0.2, 0.25) is 0 Å². The second-order valence-corrected chi connectivity index (χ2v) is 7.87. The molecule has 0 radical (unpaired) electrons. The number of anilines is 1. The van der Waals surface area contributed by atoms with Crippen LogP contribution in [0.4, 0.5) is 10.5 Å². The van der Waals surface area contributed by atoms with E-state index in [2.05, 4.69) is 22.8 Å². The van der Waals surface area contributed by atoms with Crippen LogP contribution in [0.3, 0.4) is 0 Å². The molecule has 4 nitrogen and oxygen atoms in total. The van der Waals surface area contributed by atoms with Gasteiger partial charge in [-0.1, -0.05) is 36.4 Å². The van der Waals surface area contributed by atoms with E-state index in [4.69, 9.17) is 4.74 Å². The summed E-state index contributed by atoms with van der Waals surface area (Å²) in [7, 11) is 0. The van der Waals surface area contributed by atoms with Crippen molar-refractivity contribution in [1.29, 1.82) is 0 Å². The number of ether oxygens (including phenoxy) is 1. The molecule has 2 N–H and O–H groups in total. The Balaban J connectivity index is 1.62. The van der Waals surface area contributed by atoms with Crippen LogP contribution >= 0.6 is 11.8 Å². The zero-order chi connectivity index (χ0) is 17.5. The minimum atomic E-state index is -0.158. The summed E-state index contributed by atoms with van der Waals surface area (Å²) < 4.78 is 5.51. The molecule has 0 spiro atoms. The van der Waals surface area contributed by atoms with E-state index in [0.29, 0.717) is 6.54 Å². The van der Waals surface area contributed by atoms with Crippen molar-refractivity contribution in [3.8, 4) is 0 Å². The summed E-state index contributed by atoms with van der Waals surface area (Å²) in [6.07, 6.45) is 1.86. The molecule has 0 unspecified atom stereocenters. The maximum absolute atomic E-state index is 12.3. The first-order chi connectivity index (χ1) is 12.2. The molecule has 25 heavy (non-hydrogen) atoms. The zero-order valence-corrected chi connectivity index (χ0v) is 15.3. The molecule has 2 aromatic rings. The lowest BCUT2D eigenvalue weighted by Gasteiger charge is -2.36. The monoisotopic (exact) mass is 356 g/mol. The topological polar surface area (TPSA) is 50.4 Å². The molecular formula is C20H24N2O2S. The first-order valence-corrected chi connectivity index (χ1v) is 9.41. The van der Waals surface area contributed by atoms with Gasteiger partial charge in [0.15, 0.2) is 0 Å². The lowest BCUT2D eigenvalue weighted by Crippen LogP contribution is -2.45. The number of hydrogen-bond donors (Lipinski definition) is 2. The number of benzene rings is 2. The highest BCUT2D eigenvalue weighted by atomic mass is 32.2. The molecule has 132 valence electrons. The van der Waals surface area contributed by atoms with Gasteiger partial charge in [-0.2, -0.15) is 0 Å². The van der Waals surface area contributed by atoms with Crippen LogP contribution < -0.4 is 10.6 Å². The van der Waals surface area contributed by atoms with E-state index >= 15 is 0 Å². The maximum Gasteiger partial charge on any atom is 0.319 e. The van der Waals surface area contributed by atoms with Crippen LogP contribution in [0.5, 0.6) is 0 Å². The smallest absolute Gasteiger partial charge is 0.319 e. The molecule has 2 amide bonds. The molecule has 0 bridgehead atoms. The van der Waals surface area contributed by atoms with Crippen molar-refractivity contribution in [3.05, 3.63) is 60.2 Å². The summed E-state index contributed by atoms with van der Waals surface area (Å²) in [4.78, 5) is 13.6. The Labute approximate surface area is 153 Å². The summed E-state index contributed by atoms with van der Waals surface area (Å²) in [6.45, 7) is 4.08. The normalized spacial score (nSPS) is 16.2. The summed E-state index contributed by atoms with van der Waals surface area (Å²) in [5.41, 5.74) is 1.90. The van der Waals surface area contributed by atoms with E-state index < -0.39 is 0 Å². The second-order valence-electron chi connectivity index (χ2n) is 6.33. The highest BCUT2D eigenvalue weighted by molar-refractivity contribution is 8.00. The van der Waals surface area contributed by atoms with Gasteiger partial charge in [-0.15, -0.1) is 11.8 Å². The number of carbonyl (C=O) groups is 1. The third-order valence-corrected chi connectivity index (χ3v) is 5.94. The number of amides is 2. The largest absolute Gasteiger partial charge is 0.381 e. The van der Waals surface area contributed by atoms with Crippen LogP contribution in [-0.4, -0.2) is 30.5 Å². The fourth-order valence-corrected chi connectivity index (χ4v) is 4.23. The Morgan fingerprint density at radius 1 is 1.08 bits per heavy atom. The highest BCUT2D eigenvalue weighted by Crippen LogP contribution is 2.40. The van der Waals surface area contributed by atoms with Gasteiger partial charge in [-0.05, 0) is 43.5 Å². The predicted molar refractivity (Wildman–Crippen MR) is 103 cm³/mol. The van der Waals surface area contributed by atoms with Crippen molar-refractivity contribution >= 4 is 23.5 Å². The van der Waals surface area contributed by atoms with Gasteiger partial charge in [-0.25, -0.2) is 4.79 Å². The fourth-order valence-electron chi connectivity index (χ4n) is 2.92. The zero-order valence-electron chi connectivity index (χ0n) is 14.5. The van der Waals surface area contributed by atoms with Crippen molar-refractivity contribution in [2.45, 2.75) is 29.4 Å². The van der Waals surface area contributed by atoms with E-state index in [1.54, 1.807) is 0 Å². The molecule has 2 aromatic carbocycles. The third-order valence-electron chi connectivity index (χ3n) is 4.45. The van der Waals surface area contributed by atoms with Gasteiger partial charge in [0, 0.05) is 35.1 Å². The van der Waals surface area contributed by atoms with Gasteiger partial charge in [0.25, 0.3) is 0 Å². The standard InChI is InChI=1S/C20H24N2O2S/c1-16-7-5-6-10-18(16)22-19(23)21-15-20(11-13-24-14-12-20)25-17-8-3-2-4-9-17/h2-10H,11-15H2,1H3,(H2,21,22,23). The van der Waals surface area contributed by atoms with Crippen molar-refractivity contribution in [2.24, 2.45) is 0 Å². The lowest BCUT2D eigenvalue weighted by molar-refractivity contribution is 0.0777. The average Bonchev–Trinajstić information content (AvgIpc) is 2.64. The summed E-state index contributed by atoms with van der Waals surface area (Å²) in [5, 5.41) is 6.00. The molecule has 1 heterocycles. The van der Waals surface area contributed by atoms with Gasteiger partial charge in [-0.3, -0.25) is 0 Å². The quantitative estimate of drug-likeness (QED) is 0.832. The molecule has 0 saturated carbocycles. The predicted octanol–water partition coefficient (Wildman–Crippen LogP) is 4.46. The van der Waals surface area contributed by atoms with Crippen molar-refractivity contribution in [2.75, 3.05) is 25.1 Å². The minimum absolute atomic E-state index is 0.0251. The number of nitrogens with one attached hydrogen (secondary N) is 2. The first-order valence-electron chi connectivity index (χ1n) is 8.59. The lowest BCUT2D eigenvalue weighted by atomic mass is 9.99. The van der Waals surface area contributed by atoms with Crippen molar-refractivity contribution < 1.29 is 9.53 Å². The van der Waals surface area contributed by atoms with Crippen molar-refractivity contribution in [1.82, 2.24) is 5.32 Å². The molecule has 1 saturated heterocycles. The van der Waals surface area contributed by atoms with Gasteiger partial charge >= 0.3 is 6.03 Å². The number of rotatable bonds is 5. The van der Waals surface area contributed by atoms with E-state index in [-0.39, 0.29) is 10.8 Å². The molecule has 3 rings (SSSR count). The summed E-state index contributed by atoms with van der Waals surface area (Å²) in [5.74, 6) is 0. The van der Waals surface area contributed by atoms with E-state index in [9.17, 15) is 4.79 Å². The number of aryl methyl sites for hydroxylation is 1. The Kier molecular flexibility index (Phi) is 6.00. The van der Waals surface area contributed by atoms with E-state index in [1.165, 1.54) is 4.90 Å². The molecule has 1 aliphatic heterocycles. The minimum Gasteiger partial charge on any atom is -0.381 e. The van der Waals surface area contributed by atoms with Crippen LogP contribution in [0.25, 0.3) is 0 Å². The highest BCUT2D eigenvalue weighted by Gasteiger charge is 2.34. The molecule has 0 aliphatic carbocycles. The van der Waals surface area contributed by atoms with E-state index in [0.717, 1.165) is 37.3 Å². The third kappa shape index (κ3) is 5.00. The number of para-hydroxylation sites is 1. The molecular weight excluding hydrogens is 332 g/mol. The van der Waals surface area contributed by atoms with Gasteiger partial charge < -0.3 is 15.4 Å². The van der Waals surface area contributed by atoms with Gasteiger partial charge in [0.2, 0.25) is 0 Å². The first kappa shape index (κ1) is 17.8. The van der Waals surface area contributed by atoms with Crippen molar-refractivity contribution in [3.63, 3.8) is 0 Å². The Morgan fingerprint density at radius 3 is 2.48 bits per heavy atom. The number of carbonyl (C=O) groups excluding carboxylic acids is 1. The molecule has 0 aromatic heterocycles. The van der Waals surface area contributed by atoms with Gasteiger partial charge in [0.1, 0.15) is 0 Å². The number of urea groups is 1. The van der Waals surface area contributed by atoms with Gasteiger partial charge in [0.05, 0.1) is 0 Å². The molecule has 1 aliphatic rings. The fraction of sp³-hybridized carbons (Fsp3) is 0.350. The van der Waals surface area contributed by atoms with E-state index in [1.807, 2.05) is 61.2 Å². The summed E-state index contributed by atoms with van der Waals surface area (Å²) >= 11 is 1.84. The maximum atomic E-state index is 12.3. The Morgan fingerprint density at radius 2 is 1.76 bits per heavy atom. The van der Waals surface area contributed by atoms with Crippen LogP contribution in [-0.2, 0) is 4.74 Å². The molecule has 1 fully saturated rings.